The lowest BCUT2D eigenvalue weighted by Crippen LogP contribution is -2.59. The van der Waals surface area contributed by atoms with Gasteiger partial charge in [-0.1, -0.05) is 68.1 Å². The second-order valence-corrected chi connectivity index (χ2v) is 18.6. The van der Waals surface area contributed by atoms with Crippen LogP contribution < -0.4 is 27.2 Å². The van der Waals surface area contributed by atoms with Gasteiger partial charge in [-0.3, -0.25) is 30.5 Å². The Labute approximate surface area is 439 Å². The first kappa shape index (κ1) is 61.4. The minimum Gasteiger partial charge on any atom is -0.373 e. The smallest absolute Gasteiger partial charge is 0.373 e. The number of aromatic nitrogens is 3. The molecule has 14 nitrogen and oxygen atoms in total. The van der Waals surface area contributed by atoms with Crippen LogP contribution in [0.1, 0.15) is 117 Å². The largest absolute Gasteiger partial charge is 0.416 e. The van der Waals surface area contributed by atoms with Crippen LogP contribution in [0.15, 0.2) is 108 Å². The van der Waals surface area contributed by atoms with E-state index in [0.29, 0.717) is 37.1 Å². The van der Waals surface area contributed by atoms with Gasteiger partial charge in [-0.2, -0.15) is 57.8 Å². The number of urea groups is 1. The Hall–Kier alpha value is -7.42. The van der Waals surface area contributed by atoms with Gasteiger partial charge in [0.1, 0.15) is 6.33 Å². The summed E-state index contributed by atoms with van der Waals surface area (Å²) in [6.07, 6.45) is -19.1. The standard InChI is InChI=1S/C26H26F6N4O3.C25H23F6N5O2.CH4/c1-17(18-12-20(25(27,28)29)14-21(13-18)26(30,31)32)39-15-23(19-6-4-3-5-7-19)8-10-24(33-2,11-9-23)35-22(38)36-34-16-37;1-16(17-10-19(24(26,27)28)12-20(11-17)25(29,30)31)38-14-22(18-6-4-3-5-7-18)8-9-23(32-2,13-33-22)36-15-34-35-21(36)37;/h3-7,12-14,16-17H,8-11,15H2,1H3,(H,34,37)(H2,35,36,38);3-7,10-12,15-16,33H,8-9,13-14H2,1H3,(H,35,37);1H4/t17-,23?,24?;16-,22-,23+;/m11./s1. The number of amides is 3. The predicted octanol–water partition coefficient (Wildman–Crippen LogP) is 11.8. The first-order valence-corrected chi connectivity index (χ1v) is 23.4. The van der Waals surface area contributed by atoms with Crippen molar-refractivity contribution in [1.29, 1.82) is 0 Å². The SMILES string of the molecule is C.[C-]#[N+]C1(NC(=O)NNC=O)CCC(CO[C@H](C)c2cc(C(F)(F)F)cc(C(F)(F)F)c2)(c2ccccc2)CC1.[C-]#[N+][C@]1(n2cn[nH]c2=O)CC[C@@](CO[C@H](C)c2cc(C(F)(F)F)cc(C(F)(F)F)c2)(c2ccccc2)NC1. The van der Waals surface area contributed by atoms with Crippen molar-refractivity contribution in [3.63, 3.8) is 0 Å². The van der Waals surface area contributed by atoms with E-state index in [1.165, 1.54) is 24.7 Å². The molecule has 4 atom stereocenters. The summed E-state index contributed by atoms with van der Waals surface area (Å²) in [5.74, 6) is 0. The Morgan fingerprint density at radius 3 is 1.54 bits per heavy atom. The van der Waals surface area contributed by atoms with Crippen LogP contribution in [-0.4, -0.2) is 52.6 Å². The molecule has 420 valence electrons. The van der Waals surface area contributed by atoms with Crippen LogP contribution >= 0.6 is 0 Å². The third kappa shape index (κ3) is 14.4. The molecule has 78 heavy (non-hydrogen) atoms. The predicted molar refractivity (Wildman–Crippen MR) is 258 cm³/mol. The fraction of sp³-hybridized carbons (Fsp3) is 0.423. The lowest BCUT2D eigenvalue weighted by Gasteiger charge is -2.42. The van der Waals surface area contributed by atoms with Crippen LogP contribution in [0.5, 0.6) is 0 Å². The van der Waals surface area contributed by atoms with Crippen LogP contribution in [0.2, 0.25) is 0 Å². The summed E-state index contributed by atoms with van der Waals surface area (Å²) in [5, 5.41) is 11.8. The molecule has 2 fully saturated rings. The quantitative estimate of drug-likeness (QED) is 0.0320. The van der Waals surface area contributed by atoms with Gasteiger partial charge in [0.05, 0.1) is 66.2 Å². The van der Waals surface area contributed by atoms with E-state index in [4.69, 9.17) is 22.6 Å². The summed E-state index contributed by atoms with van der Waals surface area (Å²) in [6, 6.07) is 20.0. The molecule has 1 aliphatic carbocycles. The third-order valence-electron chi connectivity index (χ3n) is 13.8. The van der Waals surface area contributed by atoms with Gasteiger partial charge in [0.15, 0.2) is 0 Å². The number of hydrogen-bond acceptors (Lipinski definition) is 7. The minimum absolute atomic E-state index is 0. The molecule has 7 rings (SSSR count). The van der Waals surface area contributed by atoms with Gasteiger partial charge < -0.3 is 9.47 Å². The molecule has 1 aromatic heterocycles. The van der Waals surface area contributed by atoms with Crippen LogP contribution in [0.3, 0.4) is 0 Å². The summed E-state index contributed by atoms with van der Waals surface area (Å²) < 4.78 is 173. The Morgan fingerprint density at radius 1 is 0.692 bits per heavy atom. The van der Waals surface area contributed by atoms with Gasteiger partial charge in [0.2, 0.25) is 6.41 Å². The number of hydrogen-bond donors (Lipinski definition) is 5. The molecule has 2 heterocycles. The molecule has 1 saturated carbocycles. The van der Waals surface area contributed by atoms with E-state index in [0.717, 1.165) is 11.1 Å². The number of aromatic amines is 1. The molecule has 0 spiro atoms. The molecule has 5 N–H and O–H groups in total. The molecule has 2 aliphatic rings. The summed E-state index contributed by atoms with van der Waals surface area (Å²) >= 11 is 0. The number of ether oxygens (including phenoxy) is 2. The van der Waals surface area contributed by atoms with E-state index < -0.39 is 93.2 Å². The van der Waals surface area contributed by atoms with Gasteiger partial charge in [-0.15, -0.1) is 0 Å². The lowest BCUT2D eigenvalue weighted by molar-refractivity contribution is -0.145. The van der Waals surface area contributed by atoms with E-state index in [2.05, 4.69) is 35.9 Å². The number of benzene rings is 4. The molecule has 0 unspecified atom stereocenters. The number of nitrogens with zero attached hydrogens (tertiary/aromatic N) is 4. The van der Waals surface area contributed by atoms with Crippen LogP contribution in [0.25, 0.3) is 9.69 Å². The van der Waals surface area contributed by atoms with E-state index >= 15 is 0 Å². The maximum Gasteiger partial charge on any atom is 0.416 e. The molecule has 0 radical (unpaired) electrons. The number of carbonyl (C=O) groups is 2. The van der Waals surface area contributed by atoms with Crippen LogP contribution in [0.4, 0.5) is 57.5 Å². The number of hydrazine groups is 1. The molecule has 4 aromatic carbocycles. The summed E-state index contributed by atoms with van der Waals surface area (Å²) in [4.78, 5) is 41.9. The Bertz CT molecular complexity index is 2900. The highest BCUT2D eigenvalue weighted by Crippen LogP contribution is 2.46. The zero-order chi connectivity index (χ0) is 56.7. The maximum absolute atomic E-state index is 13.3. The molecule has 3 amide bonds. The molecule has 1 saturated heterocycles. The lowest BCUT2D eigenvalue weighted by atomic mass is 9.67. The van der Waals surface area contributed by atoms with Gasteiger partial charge in [0.25, 0.3) is 0 Å². The topological polar surface area (TPSA) is 160 Å². The number of halogens is 12. The van der Waals surface area contributed by atoms with Gasteiger partial charge in [-0.05, 0) is 91.8 Å². The zero-order valence-corrected chi connectivity index (χ0v) is 40.8. The molecule has 26 heteroatoms. The summed E-state index contributed by atoms with van der Waals surface area (Å²) in [7, 11) is 0. The van der Waals surface area contributed by atoms with Crippen molar-refractivity contribution in [3.8, 4) is 0 Å². The Balaban J connectivity index is 0.000000284. The van der Waals surface area contributed by atoms with Crippen molar-refractivity contribution < 1.29 is 71.7 Å². The number of carbonyl (C=O) groups excluding carboxylic acids is 2. The number of rotatable bonds is 14. The highest BCUT2D eigenvalue weighted by atomic mass is 19.4. The highest BCUT2D eigenvalue weighted by molar-refractivity contribution is 5.76. The zero-order valence-electron chi connectivity index (χ0n) is 40.8. The number of H-pyrrole nitrogens is 1. The first-order valence-electron chi connectivity index (χ1n) is 23.4. The third-order valence-corrected chi connectivity index (χ3v) is 13.8. The fourth-order valence-corrected chi connectivity index (χ4v) is 9.23. The second-order valence-electron chi connectivity index (χ2n) is 18.6. The second kappa shape index (κ2) is 24.1. The normalized spacial score (nSPS) is 22.4. The van der Waals surface area contributed by atoms with E-state index in [1.807, 2.05) is 29.7 Å². The maximum atomic E-state index is 13.3. The number of nitrogens with one attached hydrogen (secondary N) is 5. The van der Waals surface area contributed by atoms with Crippen molar-refractivity contribution in [3.05, 3.63) is 181 Å². The molecule has 0 bridgehead atoms. The Kier molecular flexibility index (Phi) is 19.0. The van der Waals surface area contributed by atoms with Gasteiger partial charge in [0, 0.05) is 18.3 Å². The average molecular weight is 1110 g/mol. The summed E-state index contributed by atoms with van der Waals surface area (Å²) in [5.41, 5.74) is -5.32. The summed E-state index contributed by atoms with van der Waals surface area (Å²) in [6.45, 7) is 18.0. The molecular formula is C52H53F12N9O5. The van der Waals surface area contributed by atoms with Crippen molar-refractivity contribution in [1.82, 2.24) is 36.2 Å². The molecule has 5 aromatic rings. The monoisotopic (exact) mass is 1110 g/mol. The van der Waals surface area contributed by atoms with E-state index in [9.17, 15) is 67.1 Å². The van der Waals surface area contributed by atoms with Gasteiger partial charge in [-0.25, -0.2) is 37.8 Å². The van der Waals surface area contributed by atoms with E-state index in [-0.39, 0.29) is 82.5 Å². The van der Waals surface area contributed by atoms with Crippen molar-refractivity contribution in [2.24, 2.45) is 0 Å². The Morgan fingerprint density at radius 2 is 1.15 bits per heavy atom. The fourth-order valence-electron chi connectivity index (χ4n) is 9.23. The molecule has 1 aliphatic heterocycles. The highest BCUT2D eigenvalue weighted by Gasteiger charge is 2.52. The minimum atomic E-state index is -4.98. The number of piperidine rings is 1. The molecular weight excluding hydrogens is 1060 g/mol. The average Bonchev–Trinajstić information content (AvgIpc) is 3.96. The van der Waals surface area contributed by atoms with Crippen LogP contribution in [0, 0.1) is 13.1 Å². The van der Waals surface area contributed by atoms with Gasteiger partial charge >= 0.3 is 47.8 Å². The number of alkyl halides is 12. The first-order chi connectivity index (χ1) is 36.0. The van der Waals surface area contributed by atoms with Crippen molar-refractivity contribution in [2.75, 3.05) is 19.8 Å². The van der Waals surface area contributed by atoms with Crippen molar-refractivity contribution in [2.45, 2.75) is 119 Å². The van der Waals surface area contributed by atoms with E-state index in [1.54, 1.807) is 36.4 Å². The van der Waals surface area contributed by atoms with Crippen LogP contribution in [-0.2, 0) is 55.6 Å². The van der Waals surface area contributed by atoms with Crippen molar-refractivity contribution >= 4 is 12.4 Å².